The number of guanidine groups is 1. The fraction of sp³-hybridized carbons (Fsp3) is 0.458. The normalized spacial score (nSPS) is 11.5. The van der Waals surface area contributed by atoms with Crippen LogP contribution in [0.1, 0.15) is 17.5 Å². The zero-order valence-corrected chi connectivity index (χ0v) is 18.6. The summed E-state index contributed by atoms with van der Waals surface area (Å²) in [5, 5.41) is 6.75. The van der Waals surface area contributed by atoms with Gasteiger partial charge >= 0.3 is 0 Å². The number of hydrogen-bond donors (Lipinski definition) is 2. The molecule has 6 nitrogen and oxygen atoms in total. The summed E-state index contributed by atoms with van der Waals surface area (Å²) >= 11 is 0. The summed E-state index contributed by atoms with van der Waals surface area (Å²) < 4.78 is 11.0. The number of aryl methyl sites for hydroxylation is 1. The SMILES string of the molecule is CN=C(NCCCc1ccccc1)NCc1cccc(OCCN(C)CCOC)c1. The molecule has 0 fully saturated rings. The third-order valence-electron chi connectivity index (χ3n) is 4.78. The van der Waals surface area contributed by atoms with E-state index in [2.05, 4.69) is 70.0 Å². The van der Waals surface area contributed by atoms with Gasteiger partial charge in [-0.1, -0.05) is 42.5 Å². The largest absolute Gasteiger partial charge is 0.492 e. The van der Waals surface area contributed by atoms with Gasteiger partial charge in [0.1, 0.15) is 12.4 Å². The van der Waals surface area contributed by atoms with E-state index >= 15 is 0 Å². The Hall–Kier alpha value is -2.57. The van der Waals surface area contributed by atoms with E-state index < -0.39 is 0 Å². The second-order valence-electron chi connectivity index (χ2n) is 7.23. The van der Waals surface area contributed by atoms with Crippen molar-refractivity contribution in [2.45, 2.75) is 19.4 Å². The lowest BCUT2D eigenvalue weighted by atomic mass is 10.1. The van der Waals surface area contributed by atoms with Crippen molar-refractivity contribution in [3.8, 4) is 5.75 Å². The van der Waals surface area contributed by atoms with Gasteiger partial charge in [-0.15, -0.1) is 0 Å². The van der Waals surface area contributed by atoms with Gasteiger partial charge in [0.25, 0.3) is 0 Å². The molecule has 6 heteroatoms. The quantitative estimate of drug-likeness (QED) is 0.301. The summed E-state index contributed by atoms with van der Waals surface area (Å²) in [5.74, 6) is 1.70. The molecule has 0 aliphatic rings. The van der Waals surface area contributed by atoms with E-state index in [1.54, 1.807) is 14.2 Å². The summed E-state index contributed by atoms with van der Waals surface area (Å²) in [4.78, 5) is 6.51. The second-order valence-corrected chi connectivity index (χ2v) is 7.23. The first-order valence-corrected chi connectivity index (χ1v) is 10.6. The molecule has 0 heterocycles. The van der Waals surface area contributed by atoms with Gasteiger partial charge in [-0.3, -0.25) is 4.99 Å². The number of aliphatic imine (C=N–C) groups is 1. The van der Waals surface area contributed by atoms with Gasteiger partial charge in [-0.2, -0.15) is 0 Å². The zero-order valence-electron chi connectivity index (χ0n) is 18.6. The molecule has 164 valence electrons. The Balaban J connectivity index is 1.67. The lowest BCUT2D eigenvalue weighted by Gasteiger charge is -2.16. The Bertz CT molecular complexity index is 737. The van der Waals surface area contributed by atoms with Crippen LogP contribution < -0.4 is 15.4 Å². The van der Waals surface area contributed by atoms with Crippen LogP contribution in [-0.2, 0) is 17.7 Å². The lowest BCUT2D eigenvalue weighted by molar-refractivity contribution is 0.150. The van der Waals surface area contributed by atoms with Crippen LogP contribution in [0.3, 0.4) is 0 Å². The average molecular weight is 413 g/mol. The number of hydrogen-bond acceptors (Lipinski definition) is 4. The highest BCUT2D eigenvalue weighted by molar-refractivity contribution is 5.79. The number of nitrogens with zero attached hydrogens (tertiary/aromatic N) is 2. The van der Waals surface area contributed by atoms with Gasteiger partial charge in [0.15, 0.2) is 5.96 Å². The summed E-state index contributed by atoms with van der Waals surface area (Å²) in [5.41, 5.74) is 2.52. The third-order valence-corrected chi connectivity index (χ3v) is 4.78. The van der Waals surface area contributed by atoms with Crippen molar-refractivity contribution >= 4 is 5.96 Å². The van der Waals surface area contributed by atoms with Crippen LogP contribution in [-0.4, -0.2) is 64.9 Å². The smallest absolute Gasteiger partial charge is 0.191 e. The van der Waals surface area contributed by atoms with Gasteiger partial charge < -0.3 is 25.0 Å². The third kappa shape index (κ3) is 9.76. The summed E-state index contributed by atoms with van der Waals surface area (Å²) in [6, 6.07) is 18.7. The number of likely N-dealkylation sites (N-methyl/N-ethyl adjacent to an activating group) is 1. The molecule has 0 bridgehead atoms. The van der Waals surface area contributed by atoms with Gasteiger partial charge in [0, 0.05) is 40.3 Å². The maximum absolute atomic E-state index is 5.90. The molecule has 2 rings (SSSR count). The minimum absolute atomic E-state index is 0.654. The topological polar surface area (TPSA) is 58.1 Å². The Morgan fingerprint density at radius 2 is 1.73 bits per heavy atom. The van der Waals surface area contributed by atoms with Gasteiger partial charge in [-0.25, -0.2) is 0 Å². The maximum atomic E-state index is 5.90. The molecule has 30 heavy (non-hydrogen) atoms. The van der Waals surface area contributed by atoms with Crippen molar-refractivity contribution in [2.75, 3.05) is 54.1 Å². The number of methoxy groups -OCH3 is 1. The van der Waals surface area contributed by atoms with Crippen LogP contribution in [0.4, 0.5) is 0 Å². The second kappa shape index (κ2) is 14.4. The first-order valence-electron chi connectivity index (χ1n) is 10.6. The minimum atomic E-state index is 0.654. The van der Waals surface area contributed by atoms with E-state index in [1.165, 1.54) is 5.56 Å². The Labute approximate surface area is 181 Å². The van der Waals surface area contributed by atoms with Gasteiger partial charge in [0.2, 0.25) is 0 Å². The molecule has 0 atom stereocenters. The highest BCUT2D eigenvalue weighted by Gasteiger charge is 2.02. The number of rotatable bonds is 13. The summed E-state index contributed by atoms with van der Waals surface area (Å²) in [7, 11) is 5.59. The van der Waals surface area contributed by atoms with Crippen LogP contribution in [0, 0.1) is 0 Å². The fourth-order valence-corrected chi connectivity index (χ4v) is 2.97. The number of benzene rings is 2. The summed E-state index contributed by atoms with van der Waals surface area (Å²) in [6.07, 6.45) is 2.12. The zero-order chi connectivity index (χ0) is 21.4. The van der Waals surface area contributed by atoms with E-state index in [4.69, 9.17) is 9.47 Å². The lowest BCUT2D eigenvalue weighted by Crippen LogP contribution is -2.37. The molecule has 0 amide bonds. The summed E-state index contributed by atoms with van der Waals surface area (Å²) in [6.45, 7) is 4.74. The Morgan fingerprint density at radius 3 is 2.50 bits per heavy atom. The van der Waals surface area contributed by atoms with Gasteiger partial charge in [-0.05, 0) is 43.1 Å². The molecular weight excluding hydrogens is 376 g/mol. The first-order chi connectivity index (χ1) is 14.7. The molecular formula is C24H36N4O2. The van der Waals surface area contributed by atoms with E-state index in [9.17, 15) is 0 Å². The van der Waals surface area contributed by atoms with E-state index in [-0.39, 0.29) is 0 Å². The van der Waals surface area contributed by atoms with E-state index in [0.29, 0.717) is 13.2 Å². The number of nitrogens with one attached hydrogen (secondary N) is 2. The molecule has 0 radical (unpaired) electrons. The van der Waals surface area contributed by atoms with Crippen LogP contribution in [0.15, 0.2) is 59.6 Å². The molecule has 0 aliphatic carbocycles. The molecule has 2 aromatic carbocycles. The molecule has 2 N–H and O–H groups in total. The molecule has 0 unspecified atom stereocenters. The van der Waals surface area contributed by atoms with E-state index in [1.807, 2.05) is 12.1 Å². The molecule has 0 saturated carbocycles. The van der Waals surface area contributed by atoms with Gasteiger partial charge in [0.05, 0.1) is 6.61 Å². The molecule has 0 aromatic heterocycles. The highest BCUT2D eigenvalue weighted by Crippen LogP contribution is 2.13. The minimum Gasteiger partial charge on any atom is -0.492 e. The van der Waals surface area contributed by atoms with Crippen molar-refractivity contribution in [3.63, 3.8) is 0 Å². The molecule has 0 aliphatic heterocycles. The van der Waals surface area contributed by atoms with E-state index in [0.717, 1.165) is 56.4 Å². The monoisotopic (exact) mass is 412 g/mol. The van der Waals surface area contributed by atoms with Crippen LogP contribution in [0.25, 0.3) is 0 Å². The highest BCUT2D eigenvalue weighted by atomic mass is 16.5. The Kier molecular flexibility index (Phi) is 11.4. The van der Waals surface area contributed by atoms with Crippen molar-refractivity contribution in [2.24, 2.45) is 4.99 Å². The molecule has 0 saturated heterocycles. The van der Waals surface area contributed by atoms with Crippen molar-refractivity contribution in [1.82, 2.24) is 15.5 Å². The van der Waals surface area contributed by atoms with Crippen LogP contribution >= 0.6 is 0 Å². The Morgan fingerprint density at radius 1 is 0.967 bits per heavy atom. The number of ether oxygens (including phenoxy) is 2. The van der Waals surface area contributed by atoms with Crippen molar-refractivity contribution < 1.29 is 9.47 Å². The predicted octanol–water partition coefficient (Wildman–Crippen LogP) is 2.94. The first kappa shape index (κ1) is 23.7. The molecule has 2 aromatic rings. The van der Waals surface area contributed by atoms with Crippen molar-refractivity contribution in [3.05, 3.63) is 65.7 Å². The van der Waals surface area contributed by atoms with Crippen LogP contribution in [0.5, 0.6) is 5.75 Å². The van der Waals surface area contributed by atoms with Crippen molar-refractivity contribution in [1.29, 1.82) is 0 Å². The fourth-order valence-electron chi connectivity index (χ4n) is 2.97. The molecule has 0 spiro atoms. The maximum Gasteiger partial charge on any atom is 0.191 e. The average Bonchev–Trinajstić information content (AvgIpc) is 2.78. The predicted molar refractivity (Wildman–Crippen MR) is 124 cm³/mol. The standard InChI is InChI=1S/C24H36N4O2/c1-25-24(26-14-8-12-21-9-5-4-6-10-21)27-20-22-11-7-13-23(19-22)30-18-16-28(2)15-17-29-3/h4-7,9-11,13,19H,8,12,14-18,20H2,1-3H3,(H2,25,26,27). The van der Waals surface area contributed by atoms with Crippen LogP contribution in [0.2, 0.25) is 0 Å².